The van der Waals surface area contributed by atoms with Gasteiger partial charge < -0.3 is 5.32 Å². The first-order chi connectivity index (χ1) is 9.24. The van der Waals surface area contributed by atoms with E-state index in [0.717, 1.165) is 20.6 Å². The minimum atomic E-state index is -0.0801. The number of nitrogens with one attached hydrogen (secondary N) is 1. The Labute approximate surface area is 125 Å². The monoisotopic (exact) mass is 312 g/mol. The Morgan fingerprint density at radius 2 is 2.16 bits per heavy atom. The van der Waals surface area contributed by atoms with E-state index in [1.807, 2.05) is 36.6 Å². The van der Waals surface area contributed by atoms with E-state index in [2.05, 4.69) is 10.3 Å². The molecule has 0 saturated carbocycles. The molecule has 2 rings (SSSR count). The average Bonchev–Trinajstić information content (AvgIpc) is 2.83. The zero-order valence-corrected chi connectivity index (χ0v) is 12.7. The Hall–Kier alpha value is -1.04. The van der Waals surface area contributed by atoms with Crippen molar-refractivity contribution in [3.05, 3.63) is 30.3 Å². The lowest BCUT2D eigenvalue weighted by Crippen LogP contribution is -2.11. The molecule has 0 fully saturated rings. The van der Waals surface area contributed by atoms with Crippen molar-refractivity contribution in [1.29, 1.82) is 0 Å². The van der Waals surface area contributed by atoms with Crippen molar-refractivity contribution in [2.45, 2.75) is 10.8 Å². The van der Waals surface area contributed by atoms with Gasteiger partial charge in [-0.2, -0.15) is 0 Å². The summed E-state index contributed by atoms with van der Waals surface area (Å²) in [7, 11) is 0. The van der Waals surface area contributed by atoms with E-state index in [-0.39, 0.29) is 5.91 Å². The third-order valence-corrected chi connectivity index (χ3v) is 4.55. The SMILES string of the molecule is CSc1nc(-c2ccccc2)c(NC(=O)CCCl)s1. The second-order valence-corrected chi connectivity index (χ2v) is 6.15. The number of amides is 1. The fourth-order valence-electron chi connectivity index (χ4n) is 1.54. The molecule has 0 aliphatic heterocycles. The van der Waals surface area contributed by atoms with Crippen molar-refractivity contribution in [2.24, 2.45) is 0 Å². The van der Waals surface area contributed by atoms with Gasteiger partial charge in [-0.15, -0.1) is 11.6 Å². The number of thiazole rings is 1. The average molecular weight is 313 g/mol. The molecule has 0 bridgehead atoms. The highest BCUT2D eigenvalue weighted by Crippen LogP contribution is 2.36. The zero-order valence-electron chi connectivity index (χ0n) is 10.4. The number of alkyl halides is 1. The lowest BCUT2D eigenvalue weighted by atomic mass is 10.2. The fraction of sp³-hybridized carbons (Fsp3) is 0.231. The largest absolute Gasteiger partial charge is 0.316 e. The van der Waals surface area contributed by atoms with Gasteiger partial charge in [-0.25, -0.2) is 4.98 Å². The Morgan fingerprint density at radius 1 is 1.42 bits per heavy atom. The number of anilines is 1. The standard InChI is InChI=1S/C13H13ClN2OS2/c1-18-13-16-11(9-5-3-2-4-6-9)12(19-13)15-10(17)7-8-14/h2-6H,7-8H2,1H3,(H,15,17). The van der Waals surface area contributed by atoms with Gasteiger partial charge in [-0.3, -0.25) is 4.79 Å². The number of carbonyl (C=O) groups excluding carboxylic acids is 1. The van der Waals surface area contributed by atoms with Crippen molar-refractivity contribution in [1.82, 2.24) is 4.98 Å². The van der Waals surface area contributed by atoms with Crippen molar-refractivity contribution in [3.63, 3.8) is 0 Å². The smallest absolute Gasteiger partial charge is 0.226 e. The summed E-state index contributed by atoms with van der Waals surface area (Å²) < 4.78 is 0.931. The molecular formula is C13H13ClN2OS2. The molecule has 0 aliphatic carbocycles. The molecule has 1 amide bonds. The van der Waals surface area contributed by atoms with Crippen LogP contribution in [0.1, 0.15) is 6.42 Å². The van der Waals surface area contributed by atoms with Gasteiger partial charge in [0.1, 0.15) is 10.7 Å². The number of thioether (sulfide) groups is 1. The van der Waals surface area contributed by atoms with Crippen molar-refractivity contribution >= 4 is 45.6 Å². The molecule has 19 heavy (non-hydrogen) atoms. The molecule has 0 unspecified atom stereocenters. The van der Waals surface area contributed by atoms with Crippen LogP contribution in [0.5, 0.6) is 0 Å². The number of carbonyl (C=O) groups is 1. The lowest BCUT2D eigenvalue weighted by molar-refractivity contribution is -0.115. The van der Waals surface area contributed by atoms with E-state index in [1.54, 1.807) is 11.8 Å². The Kier molecular flexibility index (Phi) is 5.24. The van der Waals surface area contributed by atoms with E-state index in [1.165, 1.54) is 11.3 Å². The van der Waals surface area contributed by atoms with Crippen LogP contribution in [0.4, 0.5) is 5.00 Å². The molecule has 0 aliphatic rings. The van der Waals surface area contributed by atoms with Gasteiger partial charge >= 0.3 is 0 Å². The minimum absolute atomic E-state index is 0.0801. The molecule has 3 nitrogen and oxygen atoms in total. The fourth-order valence-corrected chi connectivity index (χ4v) is 3.21. The van der Waals surface area contributed by atoms with E-state index in [0.29, 0.717) is 12.3 Å². The lowest BCUT2D eigenvalue weighted by Gasteiger charge is -2.03. The number of hydrogen-bond donors (Lipinski definition) is 1. The van der Waals surface area contributed by atoms with Crippen LogP contribution < -0.4 is 5.32 Å². The maximum Gasteiger partial charge on any atom is 0.226 e. The number of nitrogens with zero attached hydrogens (tertiary/aromatic N) is 1. The van der Waals surface area contributed by atoms with E-state index < -0.39 is 0 Å². The summed E-state index contributed by atoms with van der Waals surface area (Å²) in [6, 6.07) is 9.83. The summed E-state index contributed by atoms with van der Waals surface area (Å²) in [6.07, 6.45) is 2.28. The summed E-state index contributed by atoms with van der Waals surface area (Å²) in [5.74, 6) is 0.240. The van der Waals surface area contributed by atoms with Crippen LogP contribution in [-0.4, -0.2) is 23.0 Å². The van der Waals surface area contributed by atoms with Crippen LogP contribution in [0.15, 0.2) is 34.7 Å². The second kappa shape index (κ2) is 6.93. The predicted octanol–water partition coefficient (Wildman–Crippen LogP) is 4.10. The van der Waals surface area contributed by atoms with Gasteiger partial charge in [-0.05, 0) is 6.26 Å². The third kappa shape index (κ3) is 3.72. The normalized spacial score (nSPS) is 10.4. The maximum absolute atomic E-state index is 11.7. The summed E-state index contributed by atoms with van der Waals surface area (Å²) in [4.78, 5) is 16.2. The van der Waals surface area contributed by atoms with Crippen LogP contribution in [0.25, 0.3) is 11.3 Å². The van der Waals surface area contributed by atoms with Gasteiger partial charge in [0.15, 0.2) is 4.34 Å². The number of halogens is 1. The molecule has 6 heteroatoms. The maximum atomic E-state index is 11.7. The second-order valence-electron chi connectivity index (χ2n) is 3.71. The van der Waals surface area contributed by atoms with Crippen LogP contribution in [0.3, 0.4) is 0 Å². The third-order valence-electron chi connectivity index (χ3n) is 2.40. The Morgan fingerprint density at radius 3 is 2.79 bits per heavy atom. The van der Waals surface area contributed by atoms with E-state index in [9.17, 15) is 4.79 Å². The molecule has 1 aromatic carbocycles. The van der Waals surface area contributed by atoms with E-state index >= 15 is 0 Å². The Bertz CT molecular complexity index is 557. The first-order valence-electron chi connectivity index (χ1n) is 5.70. The van der Waals surface area contributed by atoms with Gasteiger partial charge in [0.25, 0.3) is 0 Å². The molecule has 0 spiro atoms. The Balaban J connectivity index is 2.32. The minimum Gasteiger partial charge on any atom is -0.316 e. The van der Waals surface area contributed by atoms with E-state index in [4.69, 9.17) is 11.6 Å². The summed E-state index contributed by atoms with van der Waals surface area (Å²) in [6.45, 7) is 0. The van der Waals surface area contributed by atoms with Gasteiger partial charge in [0, 0.05) is 17.9 Å². The first kappa shape index (κ1) is 14.4. The van der Waals surface area contributed by atoms with Gasteiger partial charge in [0.05, 0.1) is 0 Å². The highest BCUT2D eigenvalue weighted by atomic mass is 35.5. The number of aromatic nitrogens is 1. The molecular weight excluding hydrogens is 300 g/mol. The molecule has 100 valence electrons. The quantitative estimate of drug-likeness (QED) is 0.667. The highest BCUT2D eigenvalue weighted by Gasteiger charge is 2.14. The summed E-state index contributed by atoms with van der Waals surface area (Å²) >= 11 is 8.63. The van der Waals surface area contributed by atoms with Crippen LogP contribution in [0.2, 0.25) is 0 Å². The van der Waals surface area contributed by atoms with Crippen molar-refractivity contribution in [3.8, 4) is 11.3 Å². The molecule has 0 saturated heterocycles. The highest BCUT2D eigenvalue weighted by molar-refractivity contribution is 8.00. The first-order valence-corrected chi connectivity index (χ1v) is 8.28. The number of rotatable bonds is 5. The van der Waals surface area contributed by atoms with Crippen molar-refractivity contribution < 1.29 is 4.79 Å². The zero-order chi connectivity index (χ0) is 13.7. The number of benzene rings is 1. The van der Waals surface area contributed by atoms with Crippen LogP contribution >= 0.6 is 34.7 Å². The summed E-state index contributed by atoms with van der Waals surface area (Å²) in [5.41, 5.74) is 1.82. The predicted molar refractivity (Wildman–Crippen MR) is 83.3 cm³/mol. The van der Waals surface area contributed by atoms with Gasteiger partial charge in [0.2, 0.25) is 5.91 Å². The molecule has 2 aromatic rings. The van der Waals surface area contributed by atoms with Crippen molar-refractivity contribution in [2.75, 3.05) is 17.5 Å². The topological polar surface area (TPSA) is 42.0 Å². The molecule has 0 radical (unpaired) electrons. The molecule has 0 atom stereocenters. The number of hydrogen-bond acceptors (Lipinski definition) is 4. The summed E-state index contributed by atoms with van der Waals surface area (Å²) in [5, 5.41) is 3.67. The molecule has 1 heterocycles. The molecule has 1 N–H and O–H groups in total. The molecule has 1 aromatic heterocycles. The van der Waals surface area contributed by atoms with Crippen LogP contribution in [0, 0.1) is 0 Å². The van der Waals surface area contributed by atoms with Crippen LogP contribution in [-0.2, 0) is 4.79 Å². The van der Waals surface area contributed by atoms with Gasteiger partial charge in [-0.1, -0.05) is 53.4 Å².